The van der Waals surface area contributed by atoms with Crippen molar-refractivity contribution in [2.75, 3.05) is 27.5 Å². The quantitative estimate of drug-likeness (QED) is 0.506. The molecule has 0 saturated heterocycles. The lowest BCUT2D eigenvalue weighted by Gasteiger charge is -2.14. The van der Waals surface area contributed by atoms with Crippen LogP contribution in [-0.2, 0) is 32.7 Å². The molecular formula is C8H15O7P. The molecule has 0 aliphatic heterocycles. The molecule has 0 aromatic rings. The number of hydrogen-bond donors (Lipinski definition) is 0. The molecule has 0 fully saturated rings. The van der Waals surface area contributed by atoms with Crippen molar-refractivity contribution in [1.29, 1.82) is 0 Å². The summed E-state index contributed by atoms with van der Waals surface area (Å²) in [5.74, 6) is -1.55. The van der Waals surface area contributed by atoms with E-state index in [1.165, 1.54) is 14.0 Å². The molecule has 0 aliphatic rings. The van der Waals surface area contributed by atoms with Crippen LogP contribution in [0.1, 0.15) is 6.92 Å². The molecule has 0 heterocycles. The Morgan fingerprint density at radius 1 is 1.19 bits per heavy atom. The lowest BCUT2D eigenvalue weighted by molar-refractivity contribution is -0.163. The first-order chi connectivity index (χ1) is 7.38. The molecular weight excluding hydrogens is 239 g/mol. The number of esters is 2. The van der Waals surface area contributed by atoms with Crippen molar-refractivity contribution in [1.82, 2.24) is 0 Å². The lowest BCUT2D eigenvalue weighted by atomic mass is 10.4. The van der Waals surface area contributed by atoms with E-state index >= 15 is 0 Å². The Morgan fingerprint density at radius 2 is 1.69 bits per heavy atom. The second-order valence-electron chi connectivity index (χ2n) is 2.79. The van der Waals surface area contributed by atoms with Gasteiger partial charge in [0.15, 0.2) is 6.10 Å². The van der Waals surface area contributed by atoms with Crippen LogP contribution in [0.2, 0.25) is 0 Å². The summed E-state index contributed by atoms with van der Waals surface area (Å²) in [6, 6.07) is 0. The van der Waals surface area contributed by atoms with E-state index in [1.54, 1.807) is 0 Å². The molecule has 0 spiro atoms. The van der Waals surface area contributed by atoms with Gasteiger partial charge in [0.2, 0.25) is 0 Å². The molecule has 0 amide bonds. The highest BCUT2D eigenvalue weighted by atomic mass is 31.2. The van der Waals surface area contributed by atoms with Gasteiger partial charge in [0.1, 0.15) is 6.16 Å². The maximum Gasteiger partial charge on any atom is 0.346 e. The van der Waals surface area contributed by atoms with Gasteiger partial charge >= 0.3 is 19.5 Å². The standard InChI is InChI=1S/C8H15O7P/c1-6(8(10)12-2)15-7(9)5-16(11,13-3)14-4/h6H,5H2,1-4H3. The number of rotatable bonds is 6. The first-order valence-corrected chi connectivity index (χ1v) is 6.09. The van der Waals surface area contributed by atoms with E-state index in [-0.39, 0.29) is 0 Å². The van der Waals surface area contributed by atoms with Crippen LogP contribution < -0.4 is 0 Å². The summed E-state index contributed by atoms with van der Waals surface area (Å²) < 4.78 is 29.6. The molecule has 0 aromatic carbocycles. The van der Waals surface area contributed by atoms with Crippen LogP contribution in [0.25, 0.3) is 0 Å². The predicted molar refractivity (Wildman–Crippen MR) is 54.1 cm³/mol. The second kappa shape index (κ2) is 6.62. The van der Waals surface area contributed by atoms with Gasteiger partial charge in [0, 0.05) is 14.2 Å². The summed E-state index contributed by atoms with van der Waals surface area (Å²) in [5.41, 5.74) is 0. The molecule has 0 radical (unpaired) electrons. The fourth-order valence-corrected chi connectivity index (χ4v) is 1.61. The molecule has 8 heteroatoms. The van der Waals surface area contributed by atoms with Crippen LogP contribution in [-0.4, -0.2) is 45.5 Å². The van der Waals surface area contributed by atoms with Gasteiger partial charge in [0.25, 0.3) is 0 Å². The first-order valence-electron chi connectivity index (χ1n) is 4.36. The lowest BCUT2D eigenvalue weighted by Crippen LogP contribution is -2.26. The number of ether oxygens (including phenoxy) is 2. The Balaban J connectivity index is 4.28. The van der Waals surface area contributed by atoms with Crippen LogP contribution in [0.15, 0.2) is 0 Å². The highest BCUT2D eigenvalue weighted by Crippen LogP contribution is 2.46. The fourth-order valence-electron chi connectivity index (χ4n) is 0.810. The Morgan fingerprint density at radius 3 is 2.06 bits per heavy atom. The molecule has 7 nitrogen and oxygen atoms in total. The largest absolute Gasteiger partial charge is 0.466 e. The third-order valence-electron chi connectivity index (χ3n) is 1.72. The Bertz CT molecular complexity index is 293. The zero-order chi connectivity index (χ0) is 12.8. The minimum absolute atomic E-state index is 0.554. The van der Waals surface area contributed by atoms with Crippen molar-refractivity contribution in [2.45, 2.75) is 13.0 Å². The van der Waals surface area contributed by atoms with Crippen LogP contribution in [0.3, 0.4) is 0 Å². The van der Waals surface area contributed by atoms with Crippen LogP contribution >= 0.6 is 7.60 Å². The summed E-state index contributed by atoms with van der Waals surface area (Å²) in [7, 11) is 0.0178. The molecule has 94 valence electrons. The molecule has 1 unspecified atom stereocenters. The van der Waals surface area contributed by atoms with Crippen LogP contribution in [0.4, 0.5) is 0 Å². The zero-order valence-corrected chi connectivity index (χ0v) is 10.5. The summed E-state index contributed by atoms with van der Waals surface area (Å²) in [4.78, 5) is 22.2. The average Bonchev–Trinajstić information content (AvgIpc) is 2.27. The number of carbonyl (C=O) groups is 2. The van der Waals surface area contributed by atoms with E-state index in [4.69, 9.17) is 0 Å². The Hall–Kier alpha value is -0.910. The van der Waals surface area contributed by atoms with Gasteiger partial charge in [0.05, 0.1) is 7.11 Å². The van der Waals surface area contributed by atoms with E-state index < -0.39 is 31.8 Å². The number of methoxy groups -OCH3 is 1. The average molecular weight is 254 g/mol. The molecule has 0 aliphatic carbocycles. The van der Waals surface area contributed by atoms with Gasteiger partial charge in [-0.1, -0.05) is 0 Å². The Kier molecular flexibility index (Phi) is 6.25. The molecule has 0 N–H and O–H groups in total. The van der Waals surface area contributed by atoms with E-state index in [1.807, 2.05) is 0 Å². The number of carbonyl (C=O) groups excluding carboxylic acids is 2. The van der Waals surface area contributed by atoms with Crippen molar-refractivity contribution in [2.24, 2.45) is 0 Å². The monoisotopic (exact) mass is 254 g/mol. The Labute approximate surface area is 93.5 Å². The van der Waals surface area contributed by atoms with Crippen molar-refractivity contribution in [3.05, 3.63) is 0 Å². The number of hydrogen-bond acceptors (Lipinski definition) is 7. The summed E-state index contributed by atoms with van der Waals surface area (Å²) in [6.45, 7) is 1.34. The van der Waals surface area contributed by atoms with E-state index in [9.17, 15) is 14.2 Å². The highest BCUT2D eigenvalue weighted by molar-refractivity contribution is 7.54. The third kappa shape index (κ3) is 4.74. The zero-order valence-electron chi connectivity index (χ0n) is 9.59. The van der Waals surface area contributed by atoms with E-state index in [0.29, 0.717) is 0 Å². The molecule has 0 rings (SSSR count). The van der Waals surface area contributed by atoms with Gasteiger partial charge in [-0.2, -0.15) is 0 Å². The molecule has 16 heavy (non-hydrogen) atoms. The minimum atomic E-state index is -3.46. The van der Waals surface area contributed by atoms with Gasteiger partial charge < -0.3 is 18.5 Å². The minimum Gasteiger partial charge on any atom is -0.466 e. The summed E-state index contributed by atoms with van der Waals surface area (Å²) in [6.07, 6.45) is -1.61. The summed E-state index contributed by atoms with van der Waals surface area (Å²) >= 11 is 0. The smallest absolute Gasteiger partial charge is 0.346 e. The van der Waals surface area contributed by atoms with Crippen LogP contribution in [0.5, 0.6) is 0 Å². The van der Waals surface area contributed by atoms with E-state index in [2.05, 4.69) is 18.5 Å². The van der Waals surface area contributed by atoms with Crippen molar-refractivity contribution in [3.63, 3.8) is 0 Å². The SMILES string of the molecule is COC(=O)C(C)OC(=O)CP(=O)(OC)OC. The normalized spacial score (nSPS) is 13.0. The molecule has 1 atom stereocenters. The van der Waals surface area contributed by atoms with Gasteiger partial charge in [-0.3, -0.25) is 9.36 Å². The van der Waals surface area contributed by atoms with Crippen molar-refractivity contribution >= 4 is 19.5 Å². The molecule has 0 aromatic heterocycles. The van der Waals surface area contributed by atoms with Crippen LogP contribution in [0, 0.1) is 0 Å². The fraction of sp³-hybridized carbons (Fsp3) is 0.750. The maximum absolute atomic E-state index is 11.5. The van der Waals surface area contributed by atoms with Gasteiger partial charge in [-0.05, 0) is 6.92 Å². The molecule has 0 bridgehead atoms. The maximum atomic E-state index is 11.5. The topological polar surface area (TPSA) is 88.1 Å². The van der Waals surface area contributed by atoms with Crippen molar-refractivity contribution in [3.8, 4) is 0 Å². The van der Waals surface area contributed by atoms with E-state index in [0.717, 1.165) is 14.2 Å². The highest BCUT2D eigenvalue weighted by Gasteiger charge is 2.28. The van der Waals surface area contributed by atoms with Gasteiger partial charge in [-0.15, -0.1) is 0 Å². The third-order valence-corrected chi connectivity index (χ3v) is 3.48. The predicted octanol–water partition coefficient (Wildman–Crippen LogP) is 0.577. The van der Waals surface area contributed by atoms with Gasteiger partial charge in [-0.25, -0.2) is 4.79 Å². The second-order valence-corrected chi connectivity index (χ2v) is 5.06. The van der Waals surface area contributed by atoms with Crippen molar-refractivity contribution < 1.29 is 32.7 Å². The first kappa shape index (κ1) is 15.1. The molecule has 0 saturated carbocycles. The summed E-state index contributed by atoms with van der Waals surface area (Å²) in [5, 5.41) is 0.